The second kappa shape index (κ2) is 5.50. The fourth-order valence-electron chi connectivity index (χ4n) is 2.23. The van der Waals surface area contributed by atoms with Crippen LogP contribution in [0.15, 0.2) is 12.1 Å². The molecule has 0 bridgehead atoms. The first-order valence-electron chi connectivity index (χ1n) is 6.62. The van der Waals surface area contributed by atoms with Crippen molar-refractivity contribution in [3.05, 3.63) is 23.4 Å². The second-order valence-corrected chi connectivity index (χ2v) is 4.95. The Bertz CT molecular complexity index is 372. The van der Waals surface area contributed by atoms with Gasteiger partial charge in [-0.25, -0.2) is 4.98 Å². The minimum absolute atomic E-state index is 0.705. The number of pyridine rings is 1. The van der Waals surface area contributed by atoms with E-state index in [-0.39, 0.29) is 0 Å². The van der Waals surface area contributed by atoms with Crippen LogP contribution in [0, 0.1) is 6.92 Å². The van der Waals surface area contributed by atoms with Gasteiger partial charge in [-0.05, 0) is 50.4 Å². The molecule has 0 unspecified atom stereocenters. The third kappa shape index (κ3) is 2.97. The summed E-state index contributed by atoms with van der Waals surface area (Å²) in [5.74, 6) is 1.13. The number of hydrogen-bond donors (Lipinski definition) is 1. The zero-order valence-corrected chi connectivity index (χ0v) is 11.2. The Morgan fingerprint density at radius 2 is 2.18 bits per heavy atom. The lowest BCUT2D eigenvalue weighted by Gasteiger charge is -2.35. The number of aromatic nitrogens is 1. The van der Waals surface area contributed by atoms with Crippen molar-refractivity contribution in [3.8, 4) is 0 Å². The molecule has 1 fully saturated rings. The maximum atomic E-state index is 4.64. The predicted octanol–water partition coefficient (Wildman–Crippen LogP) is 2.49. The fourth-order valence-corrected chi connectivity index (χ4v) is 2.23. The van der Waals surface area contributed by atoms with Crippen molar-refractivity contribution < 1.29 is 0 Å². The van der Waals surface area contributed by atoms with Gasteiger partial charge < -0.3 is 10.2 Å². The lowest BCUT2D eigenvalue weighted by atomic mass is 9.92. The van der Waals surface area contributed by atoms with E-state index < -0.39 is 0 Å². The molecular formula is C14H23N3. The van der Waals surface area contributed by atoms with E-state index in [1.165, 1.54) is 24.8 Å². The van der Waals surface area contributed by atoms with Crippen LogP contribution in [0.4, 0.5) is 5.82 Å². The largest absolute Gasteiger partial charge is 0.357 e. The van der Waals surface area contributed by atoms with Crippen molar-refractivity contribution in [3.63, 3.8) is 0 Å². The van der Waals surface area contributed by atoms with Crippen molar-refractivity contribution in [1.29, 1.82) is 0 Å². The molecule has 3 heteroatoms. The average Bonchev–Trinajstić information content (AvgIpc) is 2.23. The molecule has 0 saturated heterocycles. The van der Waals surface area contributed by atoms with Crippen LogP contribution in [0.5, 0.6) is 0 Å². The van der Waals surface area contributed by atoms with E-state index in [1.54, 1.807) is 0 Å². The van der Waals surface area contributed by atoms with Gasteiger partial charge in [0, 0.05) is 25.3 Å². The highest BCUT2D eigenvalue weighted by molar-refractivity contribution is 5.43. The average molecular weight is 233 g/mol. The molecule has 0 amide bonds. The molecule has 0 radical (unpaired) electrons. The van der Waals surface area contributed by atoms with E-state index in [4.69, 9.17) is 0 Å². The lowest BCUT2D eigenvalue weighted by Crippen LogP contribution is -2.37. The Labute approximate surface area is 104 Å². The molecule has 2 rings (SSSR count). The first-order valence-corrected chi connectivity index (χ1v) is 6.62. The molecule has 0 spiro atoms. The number of hydrogen-bond acceptors (Lipinski definition) is 3. The van der Waals surface area contributed by atoms with E-state index in [1.807, 2.05) is 0 Å². The first kappa shape index (κ1) is 12.4. The number of rotatable bonds is 5. The third-order valence-corrected chi connectivity index (χ3v) is 3.56. The van der Waals surface area contributed by atoms with Gasteiger partial charge >= 0.3 is 0 Å². The Balaban J connectivity index is 2.12. The van der Waals surface area contributed by atoms with Crippen LogP contribution in [0.2, 0.25) is 0 Å². The standard InChI is InChI=1S/C14H23N3/c1-4-15-10-12-8-11(2)16-14(9-12)17(3)13-6-5-7-13/h8-9,13,15H,4-7,10H2,1-3H3. The fraction of sp³-hybridized carbons (Fsp3) is 0.643. The van der Waals surface area contributed by atoms with Gasteiger partial charge in [-0.15, -0.1) is 0 Å². The second-order valence-electron chi connectivity index (χ2n) is 4.95. The van der Waals surface area contributed by atoms with Gasteiger partial charge in [0.05, 0.1) is 0 Å². The van der Waals surface area contributed by atoms with Gasteiger partial charge in [-0.3, -0.25) is 0 Å². The maximum absolute atomic E-state index is 4.64. The summed E-state index contributed by atoms with van der Waals surface area (Å²) in [6, 6.07) is 5.09. The Morgan fingerprint density at radius 3 is 2.76 bits per heavy atom. The third-order valence-electron chi connectivity index (χ3n) is 3.56. The number of nitrogens with zero attached hydrogens (tertiary/aromatic N) is 2. The van der Waals surface area contributed by atoms with Crippen LogP contribution < -0.4 is 10.2 Å². The zero-order chi connectivity index (χ0) is 12.3. The highest BCUT2D eigenvalue weighted by atomic mass is 15.2. The molecule has 0 aliphatic heterocycles. The Kier molecular flexibility index (Phi) is 4.00. The van der Waals surface area contributed by atoms with E-state index in [2.05, 4.69) is 48.2 Å². The van der Waals surface area contributed by atoms with Gasteiger partial charge in [-0.2, -0.15) is 0 Å². The summed E-state index contributed by atoms with van der Waals surface area (Å²) in [4.78, 5) is 6.98. The van der Waals surface area contributed by atoms with Crippen LogP contribution in [0.1, 0.15) is 37.4 Å². The van der Waals surface area contributed by atoms with Crippen LogP contribution in [0.3, 0.4) is 0 Å². The molecule has 0 atom stereocenters. The molecule has 94 valence electrons. The normalized spacial score (nSPS) is 15.7. The van der Waals surface area contributed by atoms with Gasteiger partial charge in [0.2, 0.25) is 0 Å². The molecule has 1 aliphatic rings. The monoisotopic (exact) mass is 233 g/mol. The molecule has 1 aromatic rings. The summed E-state index contributed by atoms with van der Waals surface area (Å²) in [6.07, 6.45) is 3.99. The maximum Gasteiger partial charge on any atom is 0.129 e. The molecule has 1 N–H and O–H groups in total. The summed E-state index contributed by atoms with van der Waals surface area (Å²) < 4.78 is 0. The zero-order valence-electron chi connectivity index (χ0n) is 11.2. The molecule has 1 aliphatic carbocycles. The van der Waals surface area contributed by atoms with Gasteiger partial charge in [0.1, 0.15) is 5.82 Å². The van der Waals surface area contributed by atoms with Gasteiger partial charge in [0.25, 0.3) is 0 Å². The highest BCUT2D eigenvalue weighted by Gasteiger charge is 2.23. The van der Waals surface area contributed by atoms with Gasteiger partial charge in [0.15, 0.2) is 0 Å². The van der Waals surface area contributed by atoms with Crippen molar-refractivity contribution in [2.45, 2.75) is 45.7 Å². The van der Waals surface area contributed by atoms with Crippen LogP contribution in [-0.2, 0) is 6.54 Å². The van der Waals surface area contributed by atoms with E-state index in [0.717, 1.165) is 24.6 Å². The number of nitrogens with one attached hydrogen (secondary N) is 1. The molecule has 17 heavy (non-hydrogen) atoms. The highest BCUT2D eigenvalue weighted by Crippen LogP contribution is 2.27. The first-order chi connectivity index (χ1) is 8.20. The van der Waals surface area contributed by atoms with Crippen molar-refractivity contribution >= 4 is 5.82 Å². The topological polar surface area (TPSA) is 28.2 Å². The molecule has 0 aromatic carbocycles. The summed E-state index contributed by atoms with van der Waals surface area (Å²) in [5.41, 5.74) is 2.45. The number of anilines is 1. The summed E-state index contributed by atoms with van der Waals surface area (Å²) >= 11 is 0. The summed E-state index contributed by atoms with van der Waals surface area (Å²) in [5, 5.41) is 3.37. The molecule has 1 saturated carbocycles. The van der Waals surface area contributed by atoms with Crippen LogP contribution in [-0.4, -0.2) is 24.6 Å². The molecule has 1 heterocycles. The Morgan fingerprint density at radius 1 is 1.41 bits per heavy atom. The SMILES string of the molecule is CCNCc1cc(C)nc(N(C)C2CCC2)c1. The molecule has 3 nitrogen and oxygen atoms in total. The smallest absolute Gasteiger partial charge is 0.129 e. The predicted molar refractivity (Wildman–Crippen MR) is 72.4 cm³/mol. The van der Waals surface area contributed by atoms with Gasteiger partial charge in [-0.1, -0.05) is 6.92 Å². The minimum Gasteiger partial charge on any atom is -0.357 e. The Hall–Kier alpha value is -1.09. The summed E-state index contributed by atoms with van der Waals surface area (Å²) in [7, 11) is 2.17. The molecule has 1 aromatic heterocycles. The minimum atomic E-state index is 0.705. The van der Waals surface area contributed by atoms with Crippen molar-refractivity contribution in [2.75, 3.05) is 18.5 Å². The van der Waals surface area contributed by atoms with E-state index >= 15 is 0 Å². The number of aryl methyl sites for hydroxylation is 1. The van der Waals surface area contributed by atoms with Crippen molar-refractivity contribution in [2.24, 2.45) is 0 Å². The molecular weight excluding hydrogens is 210 g/mol. The van der Waals surface area contributed by atoms with Crippen LogP contribution in [0.25, 0.3) is 0 Å². The van der Waals surface area contributed by atoms with E-state index in [0.29, 0.717) is 6.04 Å². The quantitative estimate of drug-likeness (QED) is 0.847. The summed E-state index contributed by atoms with van der Waals surface area (Å²) in [6.45, 7) is 6.16. The van der Waals surface area contributed by atoms with E-state index in [9.17, 15) is 0 Å². The lowest BCUT2D eigenvalue weighted by molar-refractivity contribution is 0.399. The van der Waals surface area contributed by atoms with Crippen molar-refractivity contribution in [1.82, 2.24) is 10.3 Å². The van der Waals surface area contributed by atoms with Crippen LogP contribution >= 0.6 is 0 Å².